The Hall–Kier alpha value is -0.910. The Balaban J connectivity index is 1.75. The van der Waals surface area contributed by atoms with Crippen LogP contribution in [-0.2, 0) is 9.53 Å². The van der Waals surface area contributed by atoms with Crippen LogP contribution in [0.25, 0.3) is 0 Å². The van der Waals surface area contributed by atoms with Crippen LogP contribution in [0.3, 0.4) is 0 Å². The van der Waals surface area contributed by atoms with Gasteiger partial charge in [0.2, 0.25) is 0 Å². The number of rotatable bonds is 6. The molecule has 1 saturated heterocycles. The van der Waals surface area contributed by atoms with Gasteiger partial charge in [-0.1, -0.05) is 6.08 Å². The van der Waals surface area contributed by atoms with Crippen molar-refractivity contribution in [2.75, 3.05) is 32.8 Å². The second-order valence-corrected chi connectivity index (χ2v) is 6.02. The van der Waals surface area contributed by atoms with Crippen molar-refractivity contribution in [2.24, 2.45) is 0 Å². The number of amides is 1. The van der Waals surface area contributed by atoms with E-state index in [0.29, 0.717) is 12.6 Å². The molecule has 2 fully saturated rings. The summed E-state index contributed by atoms with van der Waals surface area (Å²) in [5.41, 5.74) is 0. The van der Waals surface area contributed by atoms with Crippen molar-refractivity contribution in [3.63, 3.8) is 0 Å². The van der Waals surface area contributed by atoms with Crippen LogP contribution in [0.2, 0.25) is 0 Å². The minimum atomic E-state index is -0.381. The van der Waals surface area contributed by atoms with Crippen LogP contribution in [0.5, 0.6) is 0 Å². The Bertz CT molecular complexity index is 353. The Morgan fingerprint density at radius 2 is 2.10 bits per heavy atom. The Morgan fingerprint density at radius 1 is 1.38 bits per heavy atom. The highest BCUT2D eigenvalue weighted by atomic mass is 16.5. The van der Waals surface area contributed by atoms with Crippen LogP contribution in [-0.4, -0.2) is 71.8 Å². The molecule has 1 heterocycles. The molecule has 21 heavy (non-hydrogen) atoms. The van der Waals surface area contributed by atoms with E-state index in [1.807, 2.05) is 11.8 Å². The molecule has 1 N–H and O–H groups in total. The first-order valence-corrected chi connectivity index (χ1v) is 8.07. The molecule has 3 unspecified atom stereocenters. The highest BCUT2D eigenvalue weighted by Crippen LogP contribution is 2.25. The number of piperazine rings is 1. The fourth-order valence-corrected chi connectivity index (χ4v) is 3.28. The fraction of sp³-hybridized carbons (Fsp3) is 0.812. The first-order valence-electron chi connectivity index (χ1n) is 8.07. The molecule has 3 atom stereocenters. The van der Waals surface area contributed by atoms with Gasteiger partial charge in [0.25, 0.3) is 5.91 Å². The largest absolute Gasteiger partial charge is 0.391 e. The molecule has 1 aliphatic carbocycles. The molecule has 0 spiro atoms. The second kappa shape index (κ2) is 7.92. The molecule has 2 aliphatic rings. The van der Waals surface area contributed by atoms with E-state index in [1.54, 1.807) is 6.08 Å². The van der Waals surface area contributed by atoms with Gasteiger partial charge in [0.15, 0.2) is 0 Å². The van der Waals surface area contributed by atoms with Gasteiger partial charge in [0, 0.05) is 32.2 Å². The van der Waals surface area contributed by atoms with E-state index in [2.05, 4.69) is 11.5 Å². The molecule has 1 amide bonds. The zero-order chi connectivity index (χ0) is 15.2. The van der Waals surface area contributed by atoms with Crippen molar-refractivity contribution in [3.8, 4) is 0 Å². The minimum absolute atomic E-state index is 0.0747. The highest BCUT2D eigenvalue weighted by Gasteiger charge is 2.34. The van der Waals surface area contributed by atoms with Crippen molar-refractivity contribution in [1.82, 2.24) is 9.80 Å². The fourth-order valence-electron chi connectivity index (χ4n) is 3.28. The molecule has 0 aromatic heterocycles. The lowest BCUT2D eigenvalue weighted by atomic mass is 10.1. The molecular formula is C16H28N2O3. The lowest BCUT2D eigenvalue weighted by Crippen LogP contribution is -2.55. The summed E-state index contributed by atoms with van der Waals surface area (Å²) < 4.78 is 5.53. The highest BCUT2D eigenvalue weighted by molar-refractivity contribution is 5.80. The van der Waals surface area contributed by atoms with Gasteiger partial charge in [-0.2, -0.15) is 0 Å². The van der Waals surface area contributed by atoms with Crippen molar-refractivity contribution in [1.29, 1.82) is 0 Å². The van der Waals surface area contributed by atoms with Crippen LogP contribution in [0.1, 0.15) is 32.6 Å². The number of aliphatic hydroxyl groups excluding tert-OH is 1. The van der Waals surface area contributed by atoms with E-state index >= 15 is 0 Å². The van der Waals surface area contributed by atoms with Crippen LogP contribution in [0.4, 0.5) is 0 Å². The molecule has 5 nitrogen and oxygen atoms in total. The zero-order valence-corrected chi connectivity index (χ0v) is 13.0. The number of carbonyl (C=O) groups excluding carboxylic acids is 1. The lowest BCUT2D eigenvalue weighted by Gasteiger charge is -2.39. The van der Waals surface area contributed by atoms with E-state index < -0.39 is 0 Å². The van der Waals surface area contributed by atoms with Crippen molar-refractivity contribution in [2.45, 2.75) is 50.9 Å². The smallest absolute Gasteiger partial charge is 0.251 e. The lowest BCUT2D eigenvalue weighted by molar-refractivity contribution is -0.144. The third-order valence-corrected chi connectivity index (χ3v) is 4.58. The van der Waals surface area contributed by atoms with Gasteiger partial charge in [-0.15, -0.1) is 6.58 Å². The van der Waals surface area contributed by atoms with Gasteiger partial charge >= 0.3 is 0 Å². The predicted molar refractivity (Wildman–Crippen MR) is 82.0 cm³/mol. The molecule has 0 aromatic carbocycles. The summed E-state index contributed by atoms with van der Waals surface area (Å²) >= 11 is 0. The van der Waals surface area contributed by atoms with Crippen LogP contribution >= 0.6 is 0 Å². The Kier molecular flexibility index (Phi) is 6.21. The summed E-state index contributed by atoms with van der Waals surface area (Å²) in [5, 5.41) is 9.97. The summed E-state index contributed by atoms with van der Waals surface area (Å²) in [6.07, 6.45) is 5.10. The normalized spacial score (nSPS) is 28.6. The van der Waals surface area contributed by atoms with Crippen LogP contribution < -0.4 is 0 Å². The molecule has 120 valence electrons. The predicted octanol–water partition coefficient (Wildman–Crippen LogP) is 1.03. The van der Waals surface area contributed by atoms with Crippen molar-refractivity contribution in [3.05, 3.63) is 12.7 Å². The average molecular weight is 296 g/mol. The average Bonchev–Trinajstić information content (AvgIpc) is 2.93. The number of hydrogen-bond donors (Lipinski definition) is 1. The van der Waals surface area contributed by atoms with E-state index in [1.165, 1.54) is 0 Å². The quantitative estimate of drug-likeness (QED) is 0.587. The third-order valence-electron chi connectivity index (χ3n) is 4.58. The monoisotopic (exact) mass is 296 g/mol. The maximum absolute atomic E-state index is 12.3. The number of hydrogen-bond acceptors (Lipinski definition) is 4. The maximum atomic E-state index is 12.3. The van der Waals surface area contributed by atoms with Gasteiger partial charge in [-0.05, 0) is 32.6 Å². The summed E-state index contributed by atoms with van der Waals surface area (Å²) in [7, 11) is 0. The maximum Gasteiger partial charge on any atom is 0.251 e. The minimum Gasteiger partial charge on any atom is -0.391 e. The topological polar surface area (TPSA) is 53.0 Å². The molecule has 1 saturated carbocycles. The number of carbonyl (C=O) groups is 1. The second-order valence-electron chi connectivity index (χ2n) is 6.02. The number of nitrogens with zero attached hydrogens (tertiary/aromatic N) is 2. The first-order chi connectivity index (χ1) is 10.1. The van der Waals surface area contributed by atoms with Crippen LogP contribution in [0.15, 0.2) is 12.7 Å². The van der Waals surface area contributed by atoms with Crippen molar-refractivity contribution < 1.29 is 14.6 Å². The SMILES string of the molecule is C=CCCOC(C)C(=O)N1CCN(C2CCCC2O)CC1. The Labute approximate surface area is 127 Å². The van der Waals surface area contributed by atoms with E-state index in [4.69, 9.17) is 4.74 Å². The standard InChI is InChI=1S/C16H28N2O3/c1-3-4-12-21-13(2)16(20)18-10-8-17(9-11-18)14-6-5-7-15(14)19/h3,13-15,19H,1,4-12H2,2H3. The Morgan fingerprint density at radius 3 is 2.67 bits per heavy atom. The molecule has 5 heteroatoms. The van der Waals surface area contributed by atoms with Gasteiger partial charge in [-0.25, -0.2) is 0 Å². The van der Waals surface area contributed by atoms with Gasteiger partial charge in [-0.3, -0.25) is 9.69 Å². The molecule has 0 bridgehead atoms. The van der Waals surface area contributed by atoms with Gasteiger partial charge < -0.3 is 14.7 Å². The summed E-state index contributed by atoms with van der Waals surface area (Å²) in [6, 6.07) is 0.295. The first kappa shape index (κ1) is 16.5. The molecule has 0 radical (unpaired) electrons. The van der Waals surface area contributed by atoms with E-state index in [-0.39, 0.29) is 18.1 Å². The number of ether oxygens (including phenoxy) is 1. The van der Waals surface area contributed by atoms with E-state index in [9.17, 15) is 9.90 Å². The summed E-state index contributed by atoms with van der Waals surface area (Å²) in [6.45, 7) is 9.18. The molecular weight excluding hydrogens is 268 g/mol. The van der Waals surface area contributed by atoms with Crippen LogP contribution in [0, 0.1) is 0 Å². The number of aliphatic hydroxyl groups is 1. The van der Waals surface area contributed by atoms with Crippen molar-refractivity contribution >= 4 is 5.91 Å². The summed E-state index contributed by atoms with van der Waals surface area (Å²) in [4.78, 5) is 16.5. The van der Waals surface area contributed by atoms with Gasteiger partial charge in [0.1, 0.15) is 6.10 Å². The van der Waals surface area contributed by atoms with Gasteiger partial charge in [0.05, 0.1) is 12.7 Å². The zero-order valence-electron chi connectivity index (χ0n) is 13.0. The van der Waals surface area contributed by atoms with E-state index in [0.717, 1.165) is 51.9 Å². The molecule has 2 rings (SSSR count). The third kappa shape index (κ3) is 4.28. The molecule has 0 aromatic rings. The summed E-state index contributed by atoms with van der Waals surface area (Å²) in [5.74, 6) is 0.0747. The molecule has 1 aliphatic heterocycles.